The quantitative estimate of drug-likeness (QED) is 0.367. The zero-order valence-electron chi connectivity index (χ0n) is 9.65. The molecule has 0 aliphatic rings. The van der Waals surface area contributed by atoms with Crippen LogP contribution in [-0.2, 0) is 14.6 Å². The summed E-state index contributed by atoms with van der Waals surface area (Å²) in [5, 5.41) is 8.60. The third kappa shape index (κ3) is 6.12. The van der Waals surface area contributed by atoms with Gasteiger partial charge in [0, 0.05) is 0 Å². The number of aromatic carboxylic acids is 1. The smallest absolute Gasteiger partial charge is 0.478 e. The van der Waals surface area contributed by atoms with E-state index in [0.717, 1.165) is 12.1 Å². The molecular formula is C9H9NaO7S. The minimum Gasteiger partial charge on any atom is -0.478 e. The van der Waals surface area contributed by atoms with Crippen LogP contribution in [0.1, 0.15) is 20.7 Å². The van der Waals surface area contributed by atoms with Gasteiger partial charge in [-0.05, 0) is 18.2 Å². The van der Waals surface area contributed by atoms with Crippen molar-refractivity contribution in [1.29, 1.82) is 0 Å². The molecule has 0 saturated heterocycles. The van der Waals surface area contributed by atoms with Crippen molar-refractivity contribution < 1.29 is 61.4 Å². The largest absolute Gasteiger partial charge is 1.00 e. The molecule has 1 aromatic carbocycles. The van der Waals surface area contributed by atoms with Gasteiger partial charge < -0.3 is 16.7 Å². The standard InChI is InChI=1S/C8H6O7S.CH3.Na/c9-7(10)5-2-1-3-6(4-5)8(11)15-16(12,13)14;;/h1-4H,(H,9,10)(H,12,13,14);1H3;/q;-1;+1. The number of carboxylic acid groups (broad SMARTS) is 1. The maximum absolute atomic E-state index is 11.1. The molecule has 0 amide bonds. The second kappa shape index (κ2) is 7.49. The van der Waals surface area contributed by atoms with Gasteiger partial charge in [0.05, 0.1) is 11.1 Å². The van der Waals surface area contributed by atoms with Crippen LogP contribution in [0.25, 0.3) is 0 Å². The molecule has 0 bridgehead atoms. The Bertz CT molecular complexity index is 538. The Labute approximate surface area is 126 Å². The molecule has 0 aromatic heterocycles. The number of hydrogen-bond donors (Lipinski definition) is 2. The summed E-state index contributed by atoms with van der Waals surface area (Å²) in [7, 11) is -4.90. The second-order valence-corrected chi connectivity index (χ2v) is 3.71. The van der Waals surface area contributed by atoms with Crippen LogP contribution in [0.15, 0.2) is 24.3 Å². The van der Waals surface area contributed by atoms with E-state index in [-0.39, 0.29) is 48.1 Å². The van der Waals surface area contributed by atoms with Crippen molar-refractivity contribution in [3.63, 3.8) is 0 Å². The summed E-state index contributed by atoms with van der Waals surface area (Å²) < 4.78 is 32.4. The van der Waals surface area contributed by atoms with Crippen molar-refractivity contribution in [3.8, 4) is 0 Å². The fourth-order valence-electron chi connectivity index (χ4n) is 0.923. The summed E-state index contributed by atoms with van der Waals surface area (Å²) in [6.45, 7) is 0. The number of benzene rings is 1. The average molecular weight is 284 g/mol. The van der Waals surface area contributed by atoms with Crippen molar-refractivity contribution in [3.05, 3.63) is 42.8 Å². The van der Waals surface area contributed by atoms with E-state index in [9.17, 15) is 18.0 Å². The SMILES string of the molecule is O=C(O)c1cccc(C(=O)OS(=O)(=O)O)c1.[CH3-].[Na+]. The van der Waals surface area contributed by atoms with E-state index in [1.165, 1.54) is 12.1 Å². The van der Waals surface area contributed by atoms with E-state index in [4.69, 9.17) is 9.66 Å². The van der Waals surface area contributed by atoms with Gasteiger partial charge in [0.25, 0.3) is 0 Å². The number of carbonyl (C=O) groups excluding carboxylic acids is 1. The zero-order chi connectivity index (χ0) is 12.3. The van der Waals surface area contributed by atoms with Gasteiger partial charge >= 0.3 is 51.9 Å². The van der Waals surface area contributed by atoms with E-state index in [0.29, 0.717) is 0 Å². The monoisotopic (exact) mass is 284 g/mol. The van der Waals surface area contributed by atoms with Crippen molar-refractivity contribution in [2.45, 2.75) is 0 Å². The van der Waals surface area contributed by atoms with Gasteiger partial charge in [0.1, 0.15) is 0 Å². The molecule has 2 N–H and O–H groups in total. The summed E-state index contributed by atoms with van der Waals surface area (Å²) in [5.41, 5.74) is -0.498. The molecule has 0 aliphatic carbocycles. The molecule has 0 heterocycles. The molecule has 0 fully saturated rings. The van der Waals surface area contributed by atoms with Crippen LogP contribution in [0.4, 0.5) is 0 Å². The van der Waals surface area contributed by atoms with Crippen molar-refractivity contribution in [2.24, 2.45) is 0 Å². The van der Waals surface area contributed by atoms with Crippen LogP contribution < -0.4 is 29.6 Å². The third-order valence-electron chi connectivity index (χ3n) is 1.53. The van der Waals surface area contributed by atoms with Gasteiger partial charge in [0.15, 0.2) is 0 Å². The molecule has 94 valence electrons. The van der Waals surface area contributed by atoms with Crippen molar-refractivity contribution >= 4 is 22.3 Å². The maximum atomic E-state index is 11.1. The van der Waals surface area contributed by atoms with E-state index >= 15 is 0 Å². The van der Waals surface area contributed by atoms with Crippen molar-refractivity contribution in [2.75, 3.05) is 0 Å². The second-order valence-electron chi connectivity index (χ2n) is 2.68. The third-order valence-corrected chi connectivity index (χ3v) is 1.89. The Kier molecular flexibility index (Phi) is 8.08. The molecular weight excluding hydrogens is 275 g/mol. The van der Waals surface area contributed by atoms with Gasteiger partial charge in [-0.1, -0.05) is 6.07 Å². The van der Waals surface area contributed by atoms with Gasteiger partial charge in [-0.3, -0.25) is 4.55 Å². The zero-order valence-corrected chi connectivity index (χ0v) is 12.5. The van der Waals surface area contributed by atoms with Gasteiger partial charge in [0.2, 0.25) is 0 Å². The molecule has 7 nitrogen and oxygen atoms in total. The van der Waals surface area contributed by atoms with Crippen LogP contribution in [0.5, 0.6) is 0 Å². The fourth-order valence-corrected chi connectivity index (χ4v) is 1.21. The van der Waals surface area contributed by atoms with Crippen LogP contribution >= 0.6 is 0 Å². The minimum absolute atomic E-state index is 0. The van der Waals surface area contributed by atoms with Crippen LogP contribution in [-0.4, -0.2) is 30.0 Å². The fraction of sp³-hybridized carbons (Fsp3) is 0. The Morgan fingerprint density at radius 2 is 1.67 bits per heavy atom. The Hall–Kier alpha value is -0.930. The molecule has 18 heavy (non-hydrogen) atoms. The van der Waals surface area contributed by atoms with Gasteiger partial charge in [-0.15, -0.1) is 0 Å². The van der Waals surface area contributed by atoms with E-state index in [2.05, 4.69) is 4.18 Å². The molecule has 0 radical (unpaired) electrons. The van der Waals surface area contributed by atoms with Crippen LogP contribution in [0.2, 0.25) is 0 Å². The molecule has 9 heteroatoms. The Balaban J connectivity index is 0. The first-order valence-electron chi connectivity index (χ1n) is 3.84. The van der Waals surface area contributed by atoms with Crippen molar-refractivity contribution in [1.82, 2.24) is 0 Å². The average Bonchev–Trinajstić information content (AvgIpc) is 2.15. The van der Waals surface area contributed by atoms with Gasteiger partial charge in [-0.2, -0.15) is 8.42 Å². The summed E-state index contributed by atoms with van der Waals surface area (Å²) in [6, 6.07) is 4.53. The first kappa shape index (κ1) is 19.4. The first-order valence-corrected chi connectivity index (χ1v) is 5.21. The number of rotatable bonds is 3. The first-order chi connectivity index (χ1) is 7.29. The number of carboxylic acids is 1. The number of hydrogen-bond acceptors (Lipinski definition) is 5. The molecule has 1 aromatic rings. The van der Waals surface area contributed by atoms with E-state index in [1.54, 1.807) is 0 Å². The van der Waals surface area contributed by atoms with Crippen LogP contribution in [0.3, 0.4) is 0 Å². The summed E-state index contributed by atoms with van der Waals surface area (Å²) in [5.74, 6) is -2.63. The summed E-state index contributed by atoms with van der Waals surface area (Å²) in [4.78, 5) is 21.6. The molecule has 0 spiro atoms. The van der Waals surface area contributed by atoms with E-state index in [1.807, 2.05) is 0 Å². The Morgan fingerprint density at radius 3 is 2.11 bits per heavy atom. The summed E-state index contributed by atoms with van der Waals surface area (Å²) in [6.07, 6.45) is 0. The molecule has 1 rings (SSSR count). The normalized spacial score (nSPS) is 9.61. The maximum Gasteiger partial charge on any atom is 1.00 e. The van der Waals surface area contributed by atoms with E-state index < -0.39 is 22.3 Å². The topological polar surface area (TPSA) is 118 Å². The molecule has 0 saturated carbocycles. The minimum atomic E-state index is -4.90. The predicted octanol–water partition coefficient (Wildman–Crippen LogP) is -2.20. The number of carbonyl (C=O) groups is 2. The molecule has 0 atom stereocenters. The van der Waals surface area contributed by atoms with Crippen LogP contribution in [0, 0.1) is 7.43 Å². The Morgan fingerprint density at radius 1 is 1.17 bits per heavy atom. The molecule has 0 unspecified atom stereocenters. The van der Waals surface area contributed by atoms with Gasteiger partial charge in [-0.25, -0.2) is 9.59 Å². The summed E-state index contributed by atoms with van der Waals surface area (Å²) >= 11 is 0. The molecule has 0 aliphatic heterocycles. The predicted molar refractivity (Wildman–Crippen MR) is 56.8 cm³/mol.